The van der Waals surface area contributed by atoms with Gasteiger partial charge in [0.15, 0.2) is 0 Å². The SMILES string of the molecule is CCC(=O)N1CCc2cc(Br)cc(S(=O)(=O)N3CCC[C@H](C(=O)Nc4ccc(C)cc4)C3)c21. The first-order valence-corrected chi connectivity index (χ1v) is 13.4. The van der Waals surface area contributed by atoms with Gasteiger partial charge < -0.3 is 10.2 Å². The molecule has 1 N–H and O–H groups in total. The van der Waals surface area contributed by atoms with Gasteiger partial charge in [0.05, 0.1) is 11.6 Å². The number of anilines is 2. The molecule has 1 atom stereocenters. The van der Waals surface area contributed by atoms with Crippen LogP contribution < -0.4 is 10.2 Å². The Morgan fingerprint density at radius 2 is 1.88 bits per heavy atom. The van der Waals surface area contributed by atoms with Crippen molar-refractivity contribution in [1.82, 2.24) is 4.31 Å². The third-order valence-electron chi connectivity index (χ3n) is 6.29. The Kier molecular flexibility index (Phi) is 6.93. The largest absolute Gasteiger partial charge is 0.326 e. The van der Waals surface area contributed by atoms with Gasteiger partial charge in [-0.15, -0.1) is 0 Å². The van der Waals surface area contributed by atoms with Crippen LogP contribution in [0.3, 0.4) is 0 Å². The summed E-state index contributed by atoms with van der Waals surface area (Å²) in [6, 6.07) is 11.0. The number of hydrogen-bond acceptors (Lipinski definition) is 4. The molecule has 4 rings (SSSR count). The maximum atomic E-state index is 13.8. The summed E-state index contributed by atoms with van der Waals surface area (Å²) in [6.45, 7) is 4.68. The lowest BCUT2D eigenvalue weighted by atomic mass is 9.98. The van der Waals surface area contributed by atoms with E-state index < -0.39 is 15.9 Å². The van der Waals surface area contributed by atoms with Gasteiger partial charge in [0, 0.05) is 36.2 Å². The molecular weight excluding hydrogens is 506 g/mol. The van der Waals surface area contributed by atoms with Crippen LogP contribution in [0.5, 0.6) is 0 Å². The smallest absolute Gasteiger partial charge is 0.245 e. The van der Waals surface area contributed by atoms with Crippen molar-refractivity contribution in [3.63, 3.8) is 0 Å². The Balaban J connectivity index is 1.60. The van der Waals surface area contributed by atoms with Gasteiger partial charge in [-0.2, -0.15) is 4.31 Å². The predicted octanol–water partition coefficient (Wildman–Crippen LogP) is 4.10. The maximum Gasteiger partial charge on any atom is 0.245 e. The second kappa shape index (κ2) is 9.56. The molecule has 9 heteroatoms. The average Bonchev–Trinajstić information content (AvgIpc) is 3.23. The van der Waals surface area contributed by atoms with Crippen LogP contribution in [0, 0.1) is 12.8 Å². The number of rotatable bonds is 5. The van der Waals surface area contributed by atoms with Crippen molar-refractivity contribution in [2.45, 2.75) is 44.4 Å². The number of fused-ring (bicyclic) bond motifs is 1. The maximum absolute atomic E-state index is 13.8. The molecule has 0 aliphatic carbocycles. The summed E-state index contributed by atoms with van der Waals surface area (Å²) in [5.41, 5.74) is 3.12. The molecule has 0 radical (unpaired) electrons. The molecule has 0 bridgehead atoms. The van der Waals surface area contributed by atoms with E-state index in [1.54, 1.807) is 17.9 Å². The Morgan fingerprint density at radius 1 is 1.15 bits per heavy atom. The minimum Gasteiger partial charge on any atom is -0.326 e. The fraction of sp³-hybridized carbons (Fsp3) is 0.417. The second-order valence-corrected chi connectivity index (χ2v) is 11.4. The molecule has 33 heavy (non-hydrogen) atoms. The standard InChI is InChI=1S/C24H28BrN3O4S/c1-3-22(29)28-12-10-17-13-19(25)14-21(23(17)28)33(31,32)27-11-4-5-18(15-27)24(30)26-20-8-6-16(2)7-9-20/h6-9,13-14,18H,3-5,10-12,15H2,1-2H3,(H,26,30)/t18-/m0/s1. The first kappa shape index (κ1) is 23.9. The van der Waals surface area contributed by atoms with E-state index in [0.717, 1.165) is 11.1 Å². The zero-order valence-electron chi connectivity index (χ0n) is 18.8. The molecule has 2 aliphatic rings. The van der Waals surface area contributed by atoms with Crippen molar-refractivity contribution in [2.24, 2.45) is 5.92 Å². The molecule has 7 nitrogen and oxygen atoms in total. The molecule has 0 saturated carbocycles. The number of nitrogens with one attached hydrogen (secondary N) is 1. The number of halogens is 1. The molecule has 1 saturated heterocycles. The Bertz CT molecular complexity index is 1180. The summed E-state index contributed by atoms with van der Waals surface area (Å²) in [6.07, 6.45) is 2.14. The lowest BCUT2D eigenvalue weighted by molar-refractivity contribution is -0.121. The van der Waals surface area contributed by atoms with E-state index in [9.17, 15) is 18.0 Å². The monoisotopic (exact) mass is 533 g/mol. The summed E-state index contributed by atoms with van der Waals surface area (Å²) in [5.74, 6) is -0.717. The van der Waals surface area contributed by atoms with E-state index in [4.69, 9.17) is 0 Å². The van der Waals surface area contributed by atoms with Gasteiger partial charge in [-0.1, -0.05) is 40.5 Å². The minimum atomic E-state index is -3.90. The number of hydrogen-bond donors (Lipinski definition) is 1. The number of sulfonamides is 1. The van der Waals surface area contributed by atoms with Crippen LogP contribution >= 0.6 is 15.9 Å². The molecule has 2 aromatic carbocycles. The van der Waals surface area contributed by atoms with E-state index >= 15 is 0 Å². The highest BCUT2D eigenvalue weighted by atomic mass is 79.9. The van der Waals surface area contributed by atoms with Crippen LogP contribution in [0.15, 0.2) is 45.8 Å². The zero-order valence-corrected chi connectivity index (χ0v) is 21.2. The van der Waals surface area contributed by atoms with Crippen molar-refractivity contribution < 1.29 is 18.0 Å². The fourth-order valence-corrected chi connectivity index (χ4v) is 6.94. The summed E-state index contributed by atoms with van der Waals surface area (Å²) < 4.78 is 29.6. The molecule has 0 aromatic heterocycles. The predicted molar refractivity (Wildman–Crippen MR) is 132 cm³/mol. The number of carbonyl (C=O) groups is 2. The first-order valence-electron chi connectivity index (χ1n) is 11.2. The van der Waals surface area contributed by atoms with Crippen LogP contribution in [0.2, 0.25) is 0 Å². The fourth-order valence-electron chi connectivity index (χ4n) is 4.50. The van der Waals surface area contributed by atoms with Gasteiger partial charge in [0.25, 0.3) is 0 Å². The van der Waals surface area contributed by atoms with Gasteiger partial charge in [-0.05, 0) is 56.0 Å². The molecule has 2 aliphatic heterocycles. The second-order valence-electron chi connectivity index (χ2n) is 8.62. The van der Waals surface area contributed by atoms with E-state index in [1.807, 2.05) is 37.3 Å². The number of piperidine rings is 1. The van der Waals surface area contributed by atoms with Gasteiger partial charge in [-0.25, -0.2) is 8.42 Å². The molecular formula is C24H28BrN3O4S. The summed E-state index contributed by atoms with van der Waals surface area (Å²) in [7, 11) is -3.90. The summed E-state index contributed by atoms with van der Waals surface area (Å²) in [5, 5.41) is 2.91. The van der Waals surface area contributed by atoms with Crippen molar-refractivity contribution >= 4 is 49.1 Å². The average molecular weight is 534 g/mol. The van der Waals surface area contributed by atoms with Gasteiger partial charge in [0.1, 0.15) is 4.90 Å². The summed E-state index contributed by atoms with van der Waals surface area (Å²) in [4.78, 5) is 27.1. The van der Waals surface area contributed by atoms with Crippen LogP contribution in [0.25, 0.3) is 0 Å². The molecule has 2 heterocycles. The van der Waals surface area contributed by atoms with Crippen LogP contribution in [-0.2, 0) is 26.0 Å². The Labute approximate surface area is 203 Å². The number of aryl methyl sites for hydroxylation is 1. The zero-order chi connectivity index (χ0) is 23.8. The molecule has 1 fully saturated rings. The number of benzene rings is 2. The van der Waals surface area contributed by atoms with Crippen molar-refractivity contribution in [3.05, 3.63) is 52.0 Å². The van der Waals surface area contributed by atoms with E-state index in [1.165, 1.54) is 4.31 Å². The van der Waals surface area contributed by atoms with Crippen molar-refractivity contribution in [2.75, 3.05) is 29.9 Å². The quantitative estimate of drug-likeness (QED) is 0.626. The Hall–Kier alpha value is -2.23. The highest BCUT2D eigenvalue weighted by molar-refractivity contribution is 9.10. The third-order valence-corrected chi connectivity index (χ3v) is 8.63. The topological polar surface area (TPSA) is 86.8 Å². The first-order chi connectivity index (χ1) is 15.7. The highest BCUT2D eigenvalue weighted by Gasteiger charge is 2.38. The minimum absolute atomic E-state index is 0.0958. The summed E-state index contributed by atoms with van der Waals surface area (Å²) >= 11 is 3.43. The lowest BCUT2D eigenvalue weighted by Gasteiger charge is -2.32. The third kappa shape index (κ3) is 4.85. The highest BCUT2D eigenvalue weighted by Crippen LogP contribution is 2.39. The van der Waals surface area contributed by atoms with Crippen LogP contribution in [-0.4, -0.2) is 44.2 Å². The van der Waals surface area contributed by atoms with Crippen molar-refractivity contribution in [1.29, 1.82) is 0 Å². The van der Waals surface area contributed by atoms with Crippen LogP contribution in [0.4, 0.5) is 11.4 Å². The van der Waals surface area contributed by atoms with Gasteiger partial charge in [0.2, 0.25) is 21.8 Å². The Morgan fingerprint density at radius 3 is 2.58 bits per heavy atom. The number of amides is 2. The van der Waals surface area contributed by atoms with Gasteiger partial charge >= 0.3 is 0 Å². The van der Waals surface area contributed by atoms with Crippen LogP contribution in [0.1, 0.15) is 37.3 Å². The van der Waals surface area contributed by atoms with Gasteiger partial charge in [-0.3, -0.25) is 9.59 Å². The molecule has 0 spiro atoms. The molecule has 0 unspecified atom stereocenters. The number of nitrogens with zero attached hydrogens (tertiary/aromatic N) is 2. The molecule has 2 amide bonds. The van der Waals surface area contributed by atoms with Crippen molar-refractivity contribution in [3.8, 4) is 0 Å². The molecule has 176 valence electrons. The normalized spacial score (nSPS) is 18.8. The molecule has 2 aromatic rings. The van der Waals surface area contributed by atoms with E-state index in [0.29, 0.717) is 54.6 Å². The lowest BCUT2D eigenvalue weighted by Crippen LogP contribution is -2.44. The van der Waals surface area contributed by atoms with E-state index in [2.05, 4.69) is 21.2 Å². The van der Waals surface area contributed by atoms with E-state index in [-0.39, 0.29) is 23.3 Å². The number of carbonyl (C=O) groups excluding carboxylic acids is 2.